The molecule has 19 heavy (non-hydrogen) atoms. The van der Waals surface area contributed by atoms with Gasteiger partial charge in [0.15, 0.2) is 0 Å². The van der Waals surface area contributed by atoms with Crippen molar-refractivity contribution in [2.45, 2.75) is 11.8 Å². The van der Waals surface area contributed by atoms with Crippen LogP contribution in [0.4, 0.5) is 0 Å². The summed E-state index contributed by atoms with van der Waals surface area (Å²) in [6.45, 7) is 0. The minimum Gasteiger partial charge on any atom is -0.497 e. The molecule has 0 saturated carbocycles. The van der Waals surface area contributed by atoms with Gasteiger partial charge in [0.25, 0.3) is 0 Å². The molecule has 0 saturated heterocycles. The Morgan fingerprint density at radius 2 is 1.89 bits per heavy atom. The van der Waals surface area contributed by atoms with Gasteiger partial charge in [-0.1, -0.05) is 28.1 Å². The molecule has 4 heteroatoms. The van der Waals surface area contributed by atoms with Crippen LogP contribution in [0.3, 0.4) is 0 Å². The largest absolute Gasteiger partial charge is 0.497 e. The molecule has 0 amide bonds. The molecule has 0 bridgehead atoms. The predicted molar refractivity (Wildman–Crippen MR) is 92.2 cm³/mol. The zero-order chi connectivity index (χ0) is 13.8. The lowest BCUT2D eigenvalue weighted by Crippen LogP contribution is -1.98. The zero-order valence-electron chi connectivity index (χ0n) is 10.4. The van der Waals surface area contributed by atoms with E-state index >= 15 is 0 Å². The van der Waals surface area contributed by atoms with Crippen molar-refractivity contribution < 1.29 is 4.74 Å². The highest BCUT2D eigenvalue weighted by Gasteiger charge is 2.13. The summed E-state index contributed by atoms with van der Waals surface area (Å²) in [4.78, 5) is 0. The number of rotatable bonds is 4. The van der Waals surface area contributed by atoms with Crippen molar-refractivity contribution in [3.63, 3.8) is 0 Å². The van der Waals surface area contributed by atoms with E-state index in [2.05, 4.69) is 62.8 Å². The van der Waals surface area contributed by atoms with Gasteiger partial charge in [-0.05, 0) is 70.5 Å². The third-order valence-corrected chi connectivity index (χ3v) is 4.65. The van der Waals surface area contributed by atoms with Crippen molar-refractivity contribution in [2.24, 2.45) is 0 Å². The van der Waals surface area contributed by atoms with Crippen LogP contribution in [0.5, 0.6) is 5.75 Å². The van der Waals surface area contributed by atoms with Gasteiger partial charge in [0.05, 0.1) is 12.5 Å². The summed E-state index contributed by atoms with van der Waals surface area (Å²) >= 11 is 12.4. The molecule has 1 unspecified atom stereocenters. The van der Waals surface area contributed by atoms with Crippen molar-refractivity contribution in [3.05, 3.63) is 61.6 Å². The van der Waals surface area contributed by atoms with Gasteiger partial charge in [-0.15, -0.1) is 11.6 Å². The molecule has 1 nitrogen and oxygen atoms in total. The predicted octanol–water partition coefficient (Wildman–Crippen LogP) is 5.58. The molecule has 2 aromatic carbocycles. The Hall–Kier alpha value is -0.260. The molecule has 0 radical (unpaired) electrons. The number of halogens is 3. The average molecular weight is 452 g/mol. The van der Waals surface area contributed by atoms with Crippen LogP contribution in [0.1, 0.15) is 16.5 Å². The van der Waals surface area contributed by atoms with Gasteiger partial charge in [-0.25, -0.2) is 0 Å². The molecule has 2 rings (SSSR count). The fraction of sp³-hybridized carbons (Fsp3) is 0.200. The van der Waals surface area contributed by atoms with Crippen LogP contribution in [0.15, 0.2) is 46.9 Å². The normalized spacial score (nSPS) is 12.2. The fourth-order valence-electron chi connectivity index (χ4n) is 1.83. The first-order valence-electron chi connectivity index (χ1n) is 5.82. The summed E-state index contributed by atoms with van der Waals surface area (Å²) < 4.78 is 7.40. The summed E-state index contributed by atoms with van der Waals surface area (Å²) in [5, 5.41) is -0.0440. The fourth-order valence-corrected chi connectivity index (χ4v) is 3.36. The molecule has 0 aromatic heterocycles. The van der Waals surface area contributed by atoms with E-state index in [9.17, 15) is 0 Å². The second kappa shape index (κ2) is 6.95. The third-order valence-electron chi connectivity index (χ3n) is 2.87. The van der Waals surface area contributed by atoms with E-state index in [0.717, 1.165) is 22.2 Å². The molecule has 2 aromatic rings. The van der Waals surface area contributed by atoms with Gasteiger partial charge in [-0.3, -0.25) is 0 Å². The van der Waals surface area contributed by atoms with Gasteiger partial charge in [0.2, 0.25) is 0 Å². The highest BCUT2D eigenvalue weighted by atomic mass is 127. The lowest BCUT2D eigenvalue weighted by Gasteiger charge is -2.13. The van der Waals surface area contributed by atoms with Gasteiger partial charge in [-0.2, -0.15) is 0 Å². The smallest absolute Gasteiger partial charge is 0.118 e. The van der Waals surface area contributed by atoms with Crippen molar-refractivity contribution in [1.29, 1.82) is 0 Å². The van der Waals surface area contributed by atoms with E-state index in [0.29, 0.717) is 0 Å². The highest BCUT2D eigenvalue weighted by Crippen LogP contribution is 2.32. The maximum atomic E-state index is 6.53. The van der Waals surface area contributed by atoms with Gasteiger partial charge in [0.1, 0.15) is 5.75 Å². The summed E-state index contributed by atoms with van der Waals surface area (Å²) in [6, 6.07) is 14.2. The van der Waals surface area contributed by atoms with E-state index in [1.165, 1.54) is 9.13 Å². The molecule has 100 valence electrons. The summed E-state index contributed by atoms with van der Waals surface area (Å²) in [5.41, 5.74) is 2.33. The minimum atomic E-state index is -0.0440. The quantitative estimate of drug-likeness (QED) is 0.435. The summed E-state index contributed by atoms with van der Waals surface area (Å²) in [7, 11) is 1.67. The first kappa shape index (κ1) is 15.1. The van der Waals surface area contributed by atoms with Gasteiger partial charge < -0.3 is 4.74 Å². The Bertz CT molecular complexity index is 557. The molecule has 0 spiro atoms. The minimum absolute atomic E-state index is 0.0440. The van der Waals surface area contributed by atoms with Crippen molar-refractivity contribution in [3.8, 4) is 5.75 Å². The Kier molecular flexibility index (Phi) is 5.54. The number of alkyl halides is 1. The number of hydrogen-bond acceptors (Lipinski definition) is 1. The Balaban J connectivity index is 2.15. The van der Waals surface area contributed by atoms with Crippen LogP contribution < -0.4 is 4.74 Å². The maximum Gasteiger partial charge on any atom is 0.118 e. The van der Waals surface area contributed by atoms with Crippen molar-refractivity contribution >= 4 is 50.1 Å². The molecular formula is C15H13BrClIO. The Labute approximate surface area is 140 Å². The number of hydrogen-bond donors (Lipinski definition) is 0. The molecule has 0 aliphatic rings. The van der Waals surface area contributed by atoms with Crippen LogP contribution in [-0.4, -0.2) is 7.11 Å². The van der Waals surface area contributed by atoms with E-state index in [-0.39, 0.29) is 5.38 Å². The number of ether oxygens (including phenoxy) is 1. The van der Waals surface area contributed by atoms with E-state index in [1.807, 2.05) is 18.2 Å². The summed E-state index contributed by atoms with van der Waals surface area (Å²) in [6.07, 6.45) is 0.796. The second-order valence-corrected chi connectivity index (χ2v) is 6.81. The first-order valence-corrected chi connectivity index (χ1v) is 8.13. The molecular weight excluding hydrogens is 438 g/mol. The molecule has 0 aliphatic heterocycles. The lowest BCUT2D eigenvalue weighted by molar-refractivity contribution is 0.414. The molecule has 0 heterocycles. The topological polar surface area (TPSA) is 9.23 Å². The zero-order valence-corrected chi connectivity index (χ0v) is 14.9. The van der Waals surface area contributed by atoms with Crippen LogP contribution in [0, 0.1) is 3.57 Å². The van der Waals surface area contributed by atoms with Gasteiger partial charge >= 0.3 is 0 Å². The van der Waals surface area contributed by atoms with Crippen molar-refractivity contribution in [1.82, 2.24) is 0 Å². The monoisotopic (exact) mass is 450 g/mol. The van der Waals surface area contributed by atoms with E-state index in [4.69, 9.17) is 16.3 Å². The van der Waals surface area contributed by atoms with Crippen molar-refractivity contribution in [2.75, 3.05) is 7.11 Å². The standard InChI is InChI=1S/C15H13BrClIO/c1-19-12-5-2-10(3-6-12)8-15(17)13-9-11(18)4-7-14(13)16/h2-7,9,15H,8H2,1H3. The molecule has 0 fully saturated rings. The lowest BCUT2D eigenvalue weighted by atomic mass is 10.0. The average Bonchev–Trinajstić information content (AvgIpc) is 2.42. The van der Waals surface area contributed by atoms with Crippen LogP contribution in [-0.2, 0) is 6.42 Å². The van der Waals surface area contributed by atoms with E-state index in [1.54, 1.807) is 7.11 Å². The number of methoxy groups -OCH3 is 1. The second-order valence-electron chi connectivity index (χ2n) is 4.19. The number of benzene rings is 2. The Morgan fingerprint density at radius 1 is 1.21 bits per heavy atom. The first-order chi connectivity index (χ1) is 9.10. The third kappa shape index (κ3) is 4.10. The van der Waals surface area contributed by atoms with E-state index < -0.39 is 0 Å². The van der Waals surface area contributed by atoms with Gasteiger partial charge in [0, 0.05) is 8.04 Å². The van der Waals surface area contributed by atoms with Crippen LogP contribution >= 0.6 is 50.1 Å². The molecule has 1 atom stereocenters. The summed E-state index contributed by atoms with van der Waals surface area (Å²) in [5.74, 6) is 0.866. The molecule has 0 N–H and O–H groups in total. The molecule has 0 aliphatic carbocycles. The maximum absolute atomic E-state index is 6.53. The highest BCUT2D eigenvalue weighted by molar-refractivity contribution is 14.1. The SMILES string of the molecule is COc1ccc(CC(Cl)c2cc(I)ccc2Br)cc1. The Morgan fingerprint density at radius 3 is 2.53 bits per heavy atom. The van der Waals surface area contributed by atoms with Crippen LogP contribution in [0.2, 0.25) is 0 Å². The van der Waals surface area contributed by atoms with Crippen LogP contribution in [0.25, 0.3) is 0 Å².